The van der Waals surface area contributed by atoms with Gasteiger partial charge in [0.2, 0.25) is 0 Å². The molecule has 0 heterocycles. The normalized spacial score (nSPS) is 11.0. The summed E-state index contributed by atoms with van der Waals surface area (Å²) in [5.74, 6) is -0.266. The van der Waals surface area contributed by atoms with Crippen molar-refractivity contribution in [1.29, 1.82) is 0 Å². The quantitative estimate of drug-likeness (QED) is 0.0793. The molecule has 2 aromatic carbocycles. The lowest BCUT2D eigenvalue weighted by molar-refractivity contribution is 0.108. The van der Waals surface area contributed by atoms with Crippen LogP contribution < -0.4 is 18.9 Å². The van der Waals surface area contributed by atoms with E-state index < -0.39 is 17.7 Å². The molecular weight excluding hydrogens is 650 g/mol. The lowest BCUT2D eigenvalue weighted by atomic mass is 9.77. The number of hydrogen-bond acceptors (Lipinski definition) is 10. The summed E-state index contributed by atoms with van der Waals surface area (Å²) in [6.07, 6.45) is 1.09. The molecule has 0 saturated carbocycles. The molecule has 2 aromatic rings. The van der Waals surface area contributed by atoms with Gasteiger partial charge >= 0.3 is 12.3 Å². The lowest BCUT2D eigenvalue weighted by Crippen LogP contribution is -2.23. The first-order valence-electron chi connectivity index (χ1n) is 12.9. The Kier molecular flexibility index (Phi) is 14.7. The van der Waals surface area contributed by atoms with Crippen LogP contribution in [0.3, 0.4) is 0 Å². The first-order chi connectivity index (χ1) is 20.4. The van der Waals surface area contributed by atoms with E-state index in [1.165, 1.54) is 24.3 Å². The van der Waals surface area contributed by atoms with E-state index in [1.54, 1.807) is 13.8 Å². The third kappa shape index (κ3) is 9.56. The highest BCUT2D eigenvalue weighted by Crippen LogP contribution is 2.53. The van der Waals surface area contributed by atoms with E-state index in [4.69, 9.17) is 74.8 Å². The van der Waals surface area contributed by atoms with Crippen LogP contribution in [0.2, 0.25) is 20.1 Å². The molecule has 236 valence electrons. The molecule has 0 aliphatic heterocycles. The summed E-state index contributed by atoms with van der Waals surface area (Å²) in [6, 6.07) is 2.96. The molecule has 2 N–H and O–H groups in total. The number of carbonyl (C=O) groups excluding carboxylic acids is 2. The van der Waals surface area contributed by atoms with Gasteiger partial charge in [0.1, 0.15) is 34.8 Å². The molecular formula is C29H32Cl4O10. The van der Waals surface area contributed by atoms with Crippen LogP contribution in [-0.2, 0) is 14.9 Å². The minimum absolute atomic E-state index is 0.0439. The maximum absolute atomic E-state index is 12.2. The highest BCUT2D eigenvalue weighted by molar-refractivity contribution is 6.39. The van der Waals surface area contributed by atoms with E-state index in [-0.39, 0.29) is 95.6 Å². The molecule has 0 radical (unpaired) electrons. The Morgan fingerprint density at radius 1 is 0.744 bits per heavy atom. The van der Waals surface area contributed by atoms with Gasteiger partial charge in [-0.1, -0.05) is 85.6 Å². The van der Waals surface area contributed by atoms with Crippen LogP contribution in [-0.4, -0.2) is 62.2 Å². The van der Waals surface area contributed by atoms with Gasteiger partial charge in [0.25, 0.3) is 0 Å². The molecule has 0 atom stereocenters. The van der Waals surface area contributed by atoms with Crippen LogP contribution in [0.15, 0.2) is 37.4 Å². The largest absolute Gasteiger partial charge is 0.514 e. The number of halogens is 4. The molecule has 0 aliphatic rings. The minimum Gasteiger partial charge on any atom is -0.491 e. The Labute approximate surface area is 269 Å². The van der Waals surface area contributed by atoms with Gasteiger partial charge in [-0.25, -0.2) is 9.59 Å². The van der Waals surface area contributed by atoms with Crippen molar-refractivity contribution >= 4 is 58.7 Å². The molecule has 0 saturated heterocycles. The predicted octanol–water partition coefficient (Wildman–Crippen LogP) is 7.55. The van der Waals surface area contributed by atoms with Crippen LogP contribution in [0.5, 0.6) is 23.0 Å². The van der Waals surface area contributed by atoms with Crippen LogP contribution in [0.4, 0.5) is 9.59 Å². The van der Waals surface area contributed by atoms with Crippen molar-refractivity contribution in [3.63, 3.8) is 0 Å². The summed E-state index contributed by atoms with van der Waals surface area (Å²) in [7, 11) is 0. The van der Waals surface area contributed by atoms with Gasteiger partial charge in [0.05, 0.1) is 23.3 Å². The van der Waals surface area contributed by atoms with Gasteiger partial charge in [0, 0.05) is 42.6 Å². The molecule has 0 bridgehead atoms. The summed E-state index contributed by atoms with van der Waals surface area (Å²) in [5.41, 5.74) is -0.316. The van der Waals surface area contributed by atoms with E-state index in [2.05, 4.69) is 13.2 Å². The average molecular weight is 682 g/mol. The topological polar surface area (TPSA) is 130 Å². The Morgan fingerprint density at radius 2 is 1.12 bits per heavy atom. The Bertz CT molecular complexity index is 1220. The summed E-state index contributed by atoms with van der Waals surface area (Å²) < 4.78 is 32.2. The number of benzene rings is 2. The van der Waals surface area contributed by atoms with E-state index in [9.17, 15) is 19.8 Å². The third-order valence-electron chi connectivity index (χ3n) is 5.72. The number of carbonyl (C=O) groups is 2. The van der Waals surface area contributed by atoms with Crippen molar-refractivity contribution < 1.29 is 48.2 Å². The second-order valence-electron chi connectivity index (χ2n) is 9.14. The van der Waals surface area contributed by atoms with Crippen LogP contribution in [0, 0.1) is 0 Å². The number of aliphatic hydroxyl groups excluding tert-OH is 2. The van der Waals surface area contributed by atoms with E-state index in [0.29, 0.717) is 11.1 Å². The maximum Gasteiger partial charge on any atom is 0.514 e. The van der Waals surface area contributed by atoms with Crippen molar-refractivity contribution in [2.75, 3.05) is 39.6 Å². The highest BCUT2D eigenvalue weighted by Gasteiger charge is 2.36. The molecule has 0 aliphatic carbocycles. The average Bonchev–Trinajstić information content (AvgIpc) is 2.97. The molecule has 43 heavy (non-hydrogen) atoms. The van der Waals surface area contributed by atoms with Crippen molar-refractivity contribution in [2.24, 2.45) is 0 Å². The number of aliphatic hydroxyl groups is 2. The summed E-state index contributed by atoms with van der Waals surface area (Å²) in [5, 5.41) is 18.2. The molecule has 14 heteroatoms. The first-order valence-corrected chi connectivity index (χ1v) is 14.4. The van der Waals surface area contributed by atoms with Gasteiger partial charge in [-0.3, -0.25) is 0 Å². The predicted molar refractivity (Wildman–Crippen MR) is 164 cm³/mol. The zero-order valence-electron chi connectivity index (χ0n) is 23.6. The molecule has 0 fully saturated rings. The van der Waals surface area contributed by atoms with Crippen molar-refractivity contribution in [2.45, 2.75) is 32.1 Å². The Balaban J connectivity index is 2.75. The van der Waals surface area contributed by atoms with Gasteiger partial charge < -0.3 is 38.6 Å². The second-order valence-corrected chi connectivity index (χ2v) is 10.7. The fraction of sp³-hybridized carbons (Fsp3) is 0.379. The van der Waals surface area contributed by atoms with Crippen LogP contribution in [0.25, 0.3) is 0 Å². The van der Waals surface area contributed by atoms with Crippen molar-refractivity contribution in [1.82, 2.24) is 0 Å². The molecule has 0 unspecified atom stereocenters. The van der Waals surface area contributed by atoms with Gasteiger partial charge in [0.15, 0.2) is 11.5 Å². The fourth-order valence-electron chi connectivity index (χ4n) is 3.67. The molecule has 2 rings (SSSR count). The first kappa shape index (κ1) is 36.3. The van der Waals surface area contributed by atoms with Crippen molar-refractivity contribution in [3.05, 3.63) is 68.7 Å². The van der Waals surface area contributed by atoms with E-state index >= 15 is 0 Å². The highest BCUT2D eigenvalue weighted by atomic mass is 35.5. The van der Waals surface area contributed by atoms with E-state index in [1.807, 2.05) is 0 Å². The number of rotatable bonds is 16. The smallest absolute Gasteiger partial charge is 0.491 e. The lowest BCUT2D eigenvalue weighted by Gasteiger charge is -2.32. The minimum atomic E-state index is -1.10. The zero-order valence-corrected chi connectivity index (χ0v) is 26.6. The zero-order chi connectivity index (χ0) is 32.2. The summed E-state index contributed by atoms with van der Waals surface area (Å²) in [6.45, 7) is 10.0. The number of ether oxygens (including phenoxy) is 6. The van der Waals surface area contributed by atoms with Gasteiger partial charge in [-0.2, -0.15) is 0 Å². The molecule has 0 aromatic heterocycles. The fourth-order valence-corrected chi connectivity index (χ4v) is 4.84. The van der Waals surface area contributed by atoms with Gasteiger partial charge in [-0.15, -0.1) is 0 Å². The Hall–Kier alpha value is -2.86. The van der Waals surface area contributed by atoms with Gasteiger partial charge in [-0.05, 0) is 12.1 Å². The maximum atomic E-state index is 12.2. The number of hydrogen-bond donors (Lipinski definition) is 2. The van der Waals surface area contributed by atoms with Crippen LogP contribution in [0.1, 0.15) is 37.8 Å². The summed E-state index contributed by atoms with van der Waals surface area (Å²) in [4.78, 5) is 24.3. The monoisotopic (exact) mass is 680 g/mol. The SMILES string of the molecule is C=CCOC(=O)Oc1c(Cl)cc(C(C)(C)c2cc(Cl)c(OC(=O)OCC=C)c(Cl)c2OCCCO)c(OCCCO)c1Cl. The van der Waals surface area contributed by atoms with E-state index in [0.717, 1.165) is 0 Å². The summed E-state index contributed by atoms with van der Waals surface area (Å²) >= 11 is 26.5. The standard InChI is InChI=1S/C29H32Cl4O10/c1-5-11-40-27(36)42-25-19(30)15-17(23(21(25)32)38-13-7-9-34)29(3,4)18-16-20(31)26(43-28(37)41-12-6-2)22(33)24(18)39-14-8-10-35/h5-6,15-16,34-35H,1-2,7-14H2,3-4H3. The molecule has 0 spiro atoms. The Morgan fingerprint density at radius 3 is 1.44 bits per heavy atom. The third-order valence-corrected chi connectivity index (χ3v) is 6.96. The van der Waals surface area contributed by atoms with Crippen LogP contribution >= 0.6 is 46.4 Å². The van der Waals surface area contributed by atoms with Crippen molar-refractivity contribution in [3.8, 4) is 23.0 Å². The molecule has 10 nitrogen and oxygen atoms in total. The second kappa shape index (κ2) is 17.4. The molecule has 0 amide bonds.